The molecule has 88 valence electrons. The minimum absolute atomic E-state index is 0.741. The first-order valence-electron chi connectivity index (χ1n) is 6.35. The zero-order chi connectivity index (χ0) is 11.0. The van der Waals surface area contributed by atoms with Gasteiger partial charge in [0.25, 0.3) is 0 Å². The zero-order valence-electron chi connectivity index (χ0n) is 9.86. The fourth-order valence-corrected chi connectivity index (χ4v) is 3.46. The van der Waals surface area contributed by atoms with E-state index in [1.54, 1.807) is 6.26 Å². The number of rotatable bonds is 3. The van der Waals surface area contributed by atoms with Crippen molar-refractivity contribution in [1.82, 2.24) is 10.2 Å². The van der Waals surface area contributed by atoms with Crippen molar-refractivity contribution in [3.05, 3.63) is 24.2 Å². The summed E-state index contributed by atoms with van der Waals surface area (Å²) in [4.78, 5) is 2.61. The van der Waals surface area contributed by atoms with E-state index in [4.69, 9.17) is 4.42 Å². The van der Waals surface area contributed by atoms with Gasteiger partial charge in [-0.05, 0) is 43.5 Å². The number of likely N-dealkylation sites (tertiary alicyclic amines) is 1. The lowest BCUT2D eigenvalue weighted by atomic mass is 9.93. The van der Waals surface area contributed by atoms with Crippen molar-refractivity contribution >= 4 is 0 Å². The van der Waals surface area contributed by atoms with Gasteiger partial charge in [-0.1, -0.05) is 6.92 Å². The summed E-state index contributed by atoms with van der Waals surface area (Å²) in [5.74, 6) is 2.83. The van der Waals surface area contributed by atoms with Crippen molar-refractivity contribution in [2.24, 2.45) is 11.8 Å². The minimum atomic E-state index is 0.741. The molecule has 2 aliphatic rings. The molecule has 0 saturated carbocycles. The van der Waals surface area contributed by atoms with E-state index in [0.29, 0.717) is 0 Å². The monoisotopic (exact) mass is 220 g/mol. The molecule has 16 heavy (non-hydrogen) atoms. The van der Waals surface area contributed by atoms with Gasteiger partial charge in [0.15, 0.2) is 0 Å². The maximum atomic E-state index is 5.45. The summed E-state index contributed by atoms with van der Waals surface area (Å²) >= 11 is 0. The van der Waals surface area contributed by atoms with Crippen molar-refractivity contribution in [2.45, 2.75) is 25.9 Å². The topological polar surface area (TPSA) is 28.4 Å². The Bertz CT molecular complexity index is 336. The minimum Gasteiger partial charge on any atom is -0.468 e. The van der Waals surface area contributed by atoms with Crippen LogP contribution in [0.2, 0.25) is 0 Å². The summed E-state index contributed by atoms with van der Waals surface area (Å²) in [5, 5.41) is 3.52. The first-order valence-corrected chi connectivity index (χ1v) is 6.35. The Hall–Kier alpha value is -0.800. The Morgan fingerprint density at radius 2 is 2.44 bits per heavy atom. The molecule has 1 N–H and O–H groups in total. The van der Waals surface area contributed by atoms with Gasteiger partial charge in [-0.3, -0.25) is 4.90 Å². The summed E-state index contributed by atoms with van der Waals surface area (Å²) in [5.41, 5.74) is 0. The van der Waals surface area contributed by atoms with Gasteiger partial charge in [0.2, 0.25) is 0 Å². The van der Waals surface area contributed by atoms with Crippen molar-refractivity contribution in [2.75, 3.05) is 19.6 Å². The lowest BCUT2D eigenvalue weighted by molar-refractivity contribution is 0.195. The number of nitrogens with zero attached hydrogens (tertiary/aromatic N) is 1. The van der Waals surface area contributed by atoms with Crippen molar-refractivity contribution in [3.63, 3.8) is 0 Å². The number of hydrogen-bond donors (Lipinski definition) is 1. The Labute approximate surface area is 96.8 Å². The van der Waals surface area contributed by atoms with Gasteiger partial charge in [-0.15, -0.1) is 0 Å². The molecule has 1 aromatic rings. The molecule has 3 unspecified atom stereocenters. The standard InChI is InChI=1S/C13H20N2O/c1-2-13-12-7-14-6-10(12)8-15(13)9-11-4-3-5-16-11/h3-5,10,12-14H,2,6-9H2,1H3. The third kappa shape index (κ3) is 1.68. The second-order valence-electron chi connectivity index (χ2n) is 5.07. The van der Waals surface area contributed by atoms with Crippen LogP contribution in [0.25, 0.3) is 0 Å². The van der Waals surface area contributed by atoms with Gasteiger partial charge in [0, 0.05) is 12.6 Å². The highest BCUT2D eigenvalue weighted by Gasteiger charge is 2.43. The van der Waals surface area contributed by atoms with E-state index in [1.165, 1.54) is 26.1 Å². The molecule has 3 heteroatoms. The van der Waals surface area contributed by atoms with Gasteiger partial charge in [0.05, 0.1) is 12.8 Å². The molecule has 3 rings (SSSR count). The lowest BCUT2D eigenvalue weighted by Gasteiger charge is -2.25. The second kappa shape index (κ2) is 4.22. The molecule has 0 radical (unpaired) electrons. The van der Waals surface area contributed by atoms with Crippen molar-refractivity contribution in [1.29, 1.82) is 0 Å². The van der Waals surface area contributed by atoms with E-state index in [-0.39, 0.29) is 0 Å². The number of hydrogen-bond acceptors (Lipinski definition) is 3. The highest BCUT2D eigenvalue weighted by Crippen LogP contribution is 2.35. The molecule has 3 atom stereocenters. The van der Waals surface area contributed by atoms with Crippen LogP contribution in [0.4, 0.5) is 0 Å². The first kappa shape index (κ1) is 10.4. The molecular formula is C13H20N2O. The number of furan rings is 1. The largest absolute Gasteiger partial charge is 0.468 e. The molecular weight excluding hydrogens is 200 g/mol. The van der Waals surface area contributed by atoms with Gasteiger partial charge in [0.1, 0.15) is 5.76 Å². The van der Waals surface area contributed by atoms with E-state index in [0.717, 1.165) is 30.2 Å². The second-order valence-corrected chi connectivity index (χ2v) is 5.07. The van der Waals surface area contributed by atoms with Gasteiger partial charge < -0.3 is 9.73 Å². The van der Waals surface area contributed by atoms with Crippen LogP contribution in [-0.4, -0.2) is 30.6 Å². The molecule has 2 fully saturated rings. The molecule has 3 heterocycles. The summed E-state index contributed by atoms with van der Waals surface area (Å²) in [6.45, 7) is 6.93. The molecule has 0 bridgehead atoms. The molecule has 0 aromatic carbocycles. The average molecular weight is 220 g/mol. The van der Waals surface area contributed by atoms with Crippen LogP contribution in [0.5, 0.6) is 0 Å². The van der Waals surface area contributed by atoms with E-state index in [1.807, 2.05) is 6.07 Å². The lowest BCUT2D eigenvalue weighted by Crippen LogP contribution is -2.34. The Balaban J connectivity index is 1.71. The number of fused-ring (bicyclic) bond motifs is 1. The fraction of sp³-hybridized carbons (Fsp3) is 0.692. The SMILES string of the molecule is CCC1C2CNCC2CN1Cc1ccco1. The summed E-state index contributed by atoms with van der Waals surface area (Å²) < 4.78 is 5.45. The van der Waals surface area contributed by atoms with E-state index in [2.05, 4.69) is 23.2 Å². The van der Waals surface area contributed by atoms with E-state index >= 15 is 0 Å². The smallest absolute Gasteiger partial charge is 0.117 e. The van der Waals surface area contributed by atoms with Crippen LogP contribution < -0.4 is 5.32 Å². The molecule has 0 amide bonds. The molecule has 0 aliphatic carbocycles. The molecule has 2 aliphatic heterocycles. The Morgan fingerprint density at radius 1 is 1.50 bits per heavy atom. The third-order valence-electron chi connectivity index (χ3n) is 4.18. The van der Waals surface area contributed by atoms with Crippen molar-refractivity contribution < 1.29 is 4.42 Å². The zero-order valence-corrected chi connectivity index (χ0v) is 9.86. The van der Waals surface area contributed by atoms with Gasteiger partial charge >= 0.3 is 0 Å². The van der Waals surface area contributed by atoms with Crippen LogP contribution in [0, 0.1) is 11.8 Å². The quantitative estimate of drug-likeness (QED) is 0.840. The van der Waals surface area contributed by atoms with Crippen LogP contribution in [-0.2, 0) is 6.54 Å². The predicted octanol–water partition coefficient (Wildman–Crippen LogP) is 1.71. The fourth-order valence-electron chi connectivity index (χ4n) is 3.46. The normalized spacial score (nSPS) is 34.4. The first-order chi connectivity index (χ1) is 7.88. The van der Waals surface area contributed by atoms with Crippen LogP contribution >= 0.6 is 0 Å². The maximum absolute atomic E-state index is 5.45. The van der Waals surface area contributed by atoms with Crippen LogP contribution in [0.15, 0.2) is 22.8 Å². The average Bonchev–Trinajstić information content (AvgIpc) is 2.93. The molecule has 1 aromatic heterocycles. The summed E-state index contributed by atoms with van der Waals surface area (Å²) in [7, 11) is 0. The highest BCUT2D eigenvalue weighted by atomic mass is 16.3. The summed E-state index contributed by atoms with van der Waals surface area (Å²) in [6, 6.07) is 4.80. The van der Waals surface area contributed by atoms with Gasteiger partial charge in [-0.2, -0.15) is 0 Å². The molecule has 3 nitrogen and oxygen atoms in total. The van der Waals surface area contributed by atoms with Crippen LogP contribution in [0.1, 0.15) is 19.1 Å². The Kier molecular flexibility index (Phi) is 2.74. The van der Waals surface area contributed by atoms with Crippen molar-refractivity contribution in [3.8, 4) is 0 Å². The Morgan fingerprint density at radius 3 is 3.19 bits per heavy atom. The summed E-state index contributed by atoms with van der Waals surface area (Å²) in [6.07, 6.45) is 3.03. The van der Waals surface area contributed by atoms with Crippen LogP contribution in [0.3, 0.4) is 0 Å². The van der Waals surface area contributed by atoms with E-state index < -0.39 is 0 Å². The number of nitrogens with one attached hydrogen (secondary N) is 1. The molecule has 2 saturated heterocycles. The highest BCUT2D eigenvalue weighted by molar-refractivity contribution is 5.03. The van der Waals surface area contributed by atoms with Gasteiger partial charge in [-0.25, -0.2) is 0 Å². The molecule has 0 spiro atoms. The predicted molar refractivity (Wildman–Crippen MR) is 63.0 cm³/mol. The third-order valence-corrected chi connectivity index (χ3v) is 4.18. The van der Waals surface area contributed by atoms with E-state index in [9.17, 15) is 0 Å². The maximum Gasteiger partial charge on any atom is 0.117 e.